The molecule has 0 unspecified atom stereocenters. The van der Waals surface area contributed by atoms with Crippen LogP contribution in [0.15, 0.2) is 22.7 Å². The van der Waals surface area contributed by atoms with Crippen LogP contribution < -0.4 is 0 Å². The van der Waals surface area contributed by atoms with Gasteiger partial charge >= 0.3 is 0 Å². The molecule has 0 aliphatic heterocycles. The van der Waals surface area contributed by atoms with Gasteiger partial charge < -0.3 is 9.13 Å². The van der Waals surface area contributed by atoms with Gasteiger partial charge in [0, 0.05) is 48.8 Å². The summed E-state index contributed by atoms with van der Waals surface area (Å²) < 4.78 is 4.27. The lowest BCUT2D eigenvalue weighted by Gasteiger charge is -2.13. The number of aromatic nitrogens is 4. The summed E-state index contributed by atoms with van der Waals surface area (Å²) in [5, 5.41) is 2.19. The number of aryl methyl sites for hydroxylation is 2. The van der Waals surface area contributed by atoms with E-state index in [9.17, 15) is 0 Å². The summed E-state index contributed by atoms with van der Waals surface area (Å²) in [5.74, 6) is 2.05. The van der Waals surface area contributed by atoms with Crippen molar-refractivity contribution in [3.63, 3.8) is 0 Å². The number of rotatable bonds is 5. The second kappa shape index (κ2) is 7.16. The maximum Gasteiger partial charge on any atom is 0.167 e. The second-order valence-corrected chi connectivity index (χ2v) is 10.4. The van der Waals surface area contributed by atoms with Gasteiger partial charge in [0.1, 0.15) is 0 Å². The molecule has 0 aromatic carbocycles. The Kier molecular flexibility index (Phi) is 5.80. The molecule has 24 heavy (non-hydrogen) atoms. The zero-order chi connectivity index (χ0) is 18.1. The van der Waals surface area contributed by atoms with Crippen molar-refractivity contribution in [1.82, 2.24) is 19.1 Å². The van der Waals surface area contributed by atoms with Crippen LogP contribution in [0.25, 0.3) is 0 Å². The van der Waals surface area contributed by atoms with Crippen LogP contribution in [-0.4, -0.2) is 30.6 Å². The number of imidazole rings is 2. The highest BCUT2D eigenvalue weighted by Crippen LogP contribution is 2.28. The lowest BCUT2D eigenvalue weighted by Crippen LogP contribution is -2.11. The Morgan fingerprint density at radius 1 is 0.750 bits per heavy atom. The van der Waals surface area contributed by atoms with Gasteiger partial charge in [-0.3, -0.25) is 0 Å². The van der Waals surface area contributed by atoms with Crippen molar-refractivity contribution in [3.8, 4) is 0 Å². The molecule has 0 fully saturated rings. The van der Waals surface area contributed by atoms with Gasteiger partial charge in [0.25, 0.3) is 0 Å². The van der Waals surface area contributed by atoms with Crippen molar-refractivity contribution in [2.24, 2.45) is 14.1 Å². The first-order valence-electron chi connectivity index (χ1n) is 8.32. The van der Waals surface area contributed by atoms with Crippen LogP contribution >= 0.6 is 23.5 Å². The monoisotopic (exact) mass is 366 g/mol. The van der Waals surface area contributed by atoms with E-state index in [1.165, 1.54) is 0 Å². The van der Waals surface area contributed by atoms with Crippen molar-refractivity contribution in [3.05, 3.63) is 23.8 Å². The number of hydrogen-bond donors (Lipinski definition) is 0. The summed E-state index contributed by atoms with van der Waals surface area (Å²) in [6.07, 6.45) is 4.29. The molecule has 0 spiro atoms. The van der Waals surface area contributed by atoms with Gasteiger partial charge in [-0.25, -0.2) is 9.97 Å². The van der Waals surface area contributed by atoms with E-state index >= 15 is 0 Å². The van der Waals surface area contributed by atoms with E-state index < -0.39 is 0 Å². The predicted octanol–water partition coefficient (Wildman–Crippen LogP) is 4.63. The third-order valence-corrected chi connectivity index (χ3v) is 6.10. The van der Waals surface area contributed by atoms with Crippen LogP contribution in [0, 0.1) is 0 Å². The molecular formula is C18H30N4S2. The molecule has 4 nitrogen and oxygen atoms in total. The summed E-state index contributed by atoms with van der Waals surface area (Å²) in [7, 11) is 4.15. The maximum atomic E-state index is 4.78. The van der Waals surface area contributed by atoms with E-state index in [2.05, 4.69) is 77.2 Å². The highest BCUT2D eigenvalue weighted by molar-refractivity contribution is 8.02. The molecule has 2 rings (SSSR count). The smallest absolute Gasteiger partial charge is 0.167 e. The fourth-order valence-corrected chi connectivity index (χ4v) is 4.03. The fourth-order valence-electron chi connectivity index (χ4n) is 2.16. The van der Waals surface area contributed by atoms with E-state index in [-0.39, 0.29) is 10.8 Å². The molecule has 0 aliphatic carbocycles. The first-order valence-corrected chi connectivity index (χ1v) is 10.3. The maximum absolute atomic E-state index is 4.78. The summed E-state index contributed by atoms with van der Waals surface area (Å²) in [6.45, 7) is 13.2. The quantitative estimate of drug-likeness (QED) is 0.571. The van der Waals surface area contributed by atoms with E-state index in [1.807, 2.05) is 23.5 Å². The predicted molar refractivity (Wildman–Crippen MR) is 105 cm³/mol. The van der Waals surface area contributed by atoms with Gasteiger partial charge in [0.05, 0.1) is 11.4 Å². The van der Waals surface area contributed by atoms with Gasteiger partial charge in [0.2, 0.25) is 0 Å². The highest BCUT2D eigenvalue weighted by Gasteiger charge is 2.20. The number of thioether (sulfide) groups is 2. The van der Waals surface area contributed by atoms with Crippen molar-refractivity contribution < 1.29 is 0 Å². The van der Waals surface area contributed by atoms with Gasteiger partial charge in [-0.05, 0) is 0 Å². The lowest BCUT2D eigenvalue weighted by atomic mass is 9.93. The average Bonchev–Trinajstić information content (AvgIpc) is 2.98. The van der Waals surface area contributed by atoms with Crippen molar-refractivity contribution in [2.45, 2.75) is 62.7 Å². The van der Waals surface area contributed by atoms with Crippen molar-refractivity contribution >= 4 is 23.5 Å². The van der Waals surface area contributed by atoms with E-state index in [0.717, 1.165) is 33.2 Å². The van der Waals surface area contributed by atoms with Crippen LogP contribution in [0.3, 0.4) is 0 Å². The zero-order valence-corrected chi connectivity index (χ0v) is 17.8. The molecule has 0 atom stereocenters. The van der Waals surface area contributed by atoms with Crippen LogP contribution in [0.1, 0.15) is 52.9 Å². The van der Waals surface area contributed by atoms with Crippen LogP contribution in [-0.2, 0) is 24.9 Å². The Hall–Kier alpha value is -0.880. The lowest BCUT2D eigenvalue weighted by molar-refractivity contribution is 0.569. The Morgan fingerprint density at radius 3 is 1.33 bits per heavy atom. The molecule has 0 radical (unpaired) electrons. The Balaban J connectivity index is 1.90. The van der Waals surface area contributed by atoms with Gasteiger partial charge in [-0.1, -0.05) is 65.1 Å². The molecule has 0 bridgehead atoms. The molecule has 0 aliphatic rings. The van der Waals surface area contributed by atoms with Gasteiger partial charge in [-0.2, -0.15) is 0 Å². The molecule has 0 saturated heterocycles. The topological polar surface area (TPSA) is 35.6 Å². The van der Waals surface area contributed by atoms with Crippen LogP contribution in [0.5, 0.6) is 0 Å². The summed E-state index contributed by atoms with van der Waals surface area (Å²) in [4.78, 5) is 9.55. The first kappa shape index (κ1) is 19.4. The van der Waals surface area contributed by atoms with E-state index in [0.29, 0.717) is 0 Å². The molecule has 2 heterocycles. The Morgan fingerprint density at radius 2 is 1.08 bits per heavy atom. The van der Waals surface area contributed by atoms with E-state index in [4.69, 9.17) is 9.97 Å². The minimum atomic E-state index is 0.0988. The Labute approximate surface area is 154 Å². The normalized spacial score (nSPS) is 12.8. The summed E-state index contributed by atoms with van der Waals surface area (Å²) >= 11 is 3.63. The number of nitrogens with zero attached hydrogens (tertiary/aromatic N) is 4. The molecule has 0 saturated carbocycles. The number of hydrogen-bond acceptors (Lipinski definition) is 4. The Bertz CT molecular complexity index is 627. The van der Waals surface area contributed by atoms with E-state index in [1.54, 1.807) is 0 Å². The van der Waals surface area contributed by atoms with Crippen molar-refractivity contribution in [2.75, 3.05) is 11.5 Å². The highest BCUT2D eigenvalue weighted by atomic mass is 32.2. The minimum absolute atomic E-state index is 0.0988. The minimum Gasteiger partial charge on any atom is -0.329 e. The molecule has 2 aromatic rings. The SMILES string of the molecule is Cn1cc(C(C)(C)C)nc1SCCSc1nc(C(C)(C)C)cn1C. The van der Waals surface area contributed by atoms with Gasteiger partial charge in [-0.15, -0.1) is 0 Å². The molecule has 2 aromatic heterocycles. The summed E-state index contributed by atoms with van der Waals surface area (Å²) in [5.41, 5.74) is 2.50. The first-order chi connectivity index (χ1) is 11.0. The zero-order valence-electron chi connectivity index (χ0n) is 16.2. The second-order valence-electron chi connectivity index (χ2n) is 8.24. The standard InChI is InChI=1S/C18H30N4S2/c1-17(2,3)13-11-21(7)15(19-13)23-9-10-24-16-20-14(12-22(16)8)18(4,5)6/h11-12H,9-10H2,1-8H3. The largest absolute Gasteiger partial charge is 0.329 e. The average molecular weight is 367 g/mol. The third-order valence-electron chi connectivity index (χ3n) is 3.75. The van der Waals surface area contributed by atoms with Gasteiger partial charge in [0.15, 0.2) is 10.3 Å². The van der Waals surface area contributed by atoms with Crippen LogP contribution in [0.4, 0.5) is 0 Å². The van der Waals surface area contributed by atoms with Crippen molar-refractivity contribution in [1.29, 1.82) is 0 Å². The summed E-state index contributed by atoms with van der Waals surface area (Å²) in [6, 6.07) is 0. The van der Waals surface area contributed by atoms with Crippen LogP contribution in [0.2, 0.25) is 0 Å². The molecular weight excluding hydrogens is 336 g/mol. The molecule has 134 valence electrons. The molecule has 0 N–H and O–H groups in total. The molecule has 6 heteroatoms. The fraction of sp³-hybridized carbons (Fsp3) is 0.667. The molecule has 0 amide bonds. The third kappa shape index (κ3) is 4.82.